The molecule has 0 spiro atoms. The van der Waals surface area contributed by atoms with Gasteiger partial charge in [0.25, 0.3) is 0 Å². The van der Waals surface area contributed by atoms with Crippen LogP contribution in [0.4, 0.5) is 5.69 Å². The van der Waals surface area contributed by atoms with Gasteiger partial charge in [-0.3, -0.25) is 0 Å². The van der Waals surface area contributed by atoms with Crippen LogP contribution < -0.4 is 11.1 Å². The maximum absolute atomic E-state index is 5.79. The molecule has 0 radical (unpaired) electrons. The molecular formula is C15H16N2O. The Labute approximate surface area is 106 Å². The Hall–Kier alpha value is -2.00. The summed E-state index contributed by atoms with van der Waals surface area (Å²) in [6.45, 7) is 1.61. The molecule has 3 rings (SSSR count). The van der Waals surface area contributed by atoms with E-state index in [-0.39, 0.29) is 0 Å². The first kappa shape index (κ1) is 11.1. The maximum atomic E-state index is 5.79. The SMILES string of the molecule is NCCCNc1ccc2oc3ccccc3c2c1. The lowest BCUT2D eigenvalue weighted by molar-refractivity contribution is 0.669. The van der Waals surface area contributed by atoms with Crippen molar-refractivity contribution in [1.82, 2.24) is 0 Å². The smallest absolute Gasteiger partial charge is 0.135 e. The van der Waals surface area contributed by atoms with Gasteiger partial charge in [-0.05, 0) is 37.2 Å². The monoisotopic (exact) mass is 240 g/mol. The van der Waals surface area contributed by atoms with Crippen molar-refractivity contribution in [3.8, 4) is 0 Å². The number of fused-ring (bicyclic) bond motifs is 3. The predicted molar refractivity (Wildman–Crippen MR) is 75.9 cm³/mol. The summed E-state index contributed by atoms with van der Waals surface area (Å²) in [4.78, 5) is 0. The van der Waals surface area contributed by atoms with Crippen LogP contribution in [-0.4, -0.2) is 13.1 Å². The zero-order valence-corrected chi connectivity index (χ0v) is 10.1. The fourth-order valence-electron chi connectivity index (χ4n) is 2.17. The van der Waals surface area contributed by atoms with Gasteiger partial charge in [-0.25, -0.2) is 0 Å². The fraction of sp³-hybridized carbons (Fsp3) is 0.200. The summed E-state index contributed by atoms with van der Waals surface area (Å²) in [5.41, 5.74) is 8.47. The summed E-state index contributed by atoms with van der Waals surface area (Å²) < 4.78 is 5.79. The number of rotatable bonds is 4. The molecule has 0 atom stereocenters. The molecule has 92 valence electrons. The Morgan fingerprint density at radius 1 is 1.00 bits per heavy atom. The van der Waals surface area contributed by atoms with Crippen molar-refractivity contribution in [2.24, 2.45) is 5.73 Å². The van der Waals surface area contributed by atoms with Crippen molar-refractivity contribution in [2.45, 2.75) is 6.42 Å². The number of nitrogens with one attached hydrogen (secondary N) is 1. The minimum absolute atomic E-state index is 0.712. The van der Waals surface area contributed by atoms with E-state index in [9.17, 15) is 0 Å². The number of para-hydroxylation sites is 1. The summed E-state index contributed by atoms with van der Waals surface area (Å²) >= 11 is 0. The van der Waals surface area contributed by atoms with Crippen LogP contribution in [-0.2, 0) is 0 Å². The van der Waals surface area contributed by atoms with Crippen molar-refractivity contribution in [1.29, 1.82) is 0 Å². The quantitative estimate of drug-likeness (QED) is 0.688. The van der Waals surface area contributed by atoms with Crippen molar-refractivity contribution in [2.75, 3.05) is 18.4 Å². The van der Waals surface area contributed by atoms with Crippen LogP contribution in [0.3, 0.4) is 0 Å². The van der Waals surface area contributed by atoms with Crippen LogP contribution in [0, 0.1) is 0 Å². The molecule has 0 unspecified atom stereocenters. The van der Waals surface area contributed by atoms with Crippen LogP contribution in [0.2, 0.25) is 0 Å². The third-order valence-corrected chi connectivity index (χ3v) is 3.09. The number of hydrogen-bond donors (Lipinski definition) is 2. The zero-order chi connectivity index (χ0) is 12.4. The van der Waals surface area contributed by atoms with Gasteiger partial charge in [0.2, 0.25) is 0 Å². The topological polar surface area (TPSA) is 51.2 Å². The Kier molecular flexibility index (Phi) is 2.90. The van der Waals surface area contributed by atoms with E-state index in [4.69, 9.17) is 10.2 Å². The molecule has 3 N–H and O–H groups in total. The van der Waals surface area contributed by atoms with Crippen molar-refractivity contribution in [3.05, 3.63) is 42.5 Å². The van der Waals surface area contributed by atoms with Gasteiger partial charge in [0, 0.05) is 23.0 Å². The summed E-state index contributed by atoms with van der Waals surface area (Å²) in [7, 11) is 0. The third kappa shape index (κ3) is 1.93. The molecule has 0 saturated heterocycles. The molecule has 0 amide bonds. The summed E-state index contributed by atoms with van der Waals surface area (Å²) in [5.74, 6) is 0. The molecule has 1 aromatic heterocycles. The second-order valence-electron chi connectivity index (χ2n) is 4.38. The molecule has 0 aliphatic heterocycles. The van der Waals surface area contributed by atoms with Gasteiger partial charge in [0.05, 0.1) is 0 Å². The van der Waals surface area contributed by atoms with Crippen LogP contribution in [0.15, 0.2) is 46.9 Å². The molecule has 3 heteroatoms. The van der Waals surface area contributed by atoms with E-state index in [1.165, 1.54) is 0 Å². The molecule has 2 aromatic carbocycles. The van der Waals surface area contributed by atoms with Gasteiger partial charge in [0.15, 0.2) is 0 Å². The number of anilines is 1. The van der Waals surface area contributed by atoms with E-state index >= 15 is 0 Å². The Bertz CT molecular complexity index is 672. The molecule has 0 fully saturated rings. The van der Waals surface area contributed by atoms with Crippen LogP contribution in [0.5, 0.6) is 0 Å². The van der Waals surface area contributed by atoms with E-state index in [0.29, 0.717) is 6.54 Å². The number of hydrogen-bond acceptors (Lipinski definition) is 3. The van der Waals surface area contributed by atoms with Gasteiger partial charge >= 0.3 is 0 Å². The van der Waals surface area contributed by atoms with Gasteiger partial charge < -0.3 is 15.5 Å². The lowest BCUT2D eigenvalue weighted by Crippen LogP contribution is -2.08. The average Bonchev–Trinajstić information content (AvgIpc) is 2.77. The summed E-state index contributed by atoms with van der Waals surface area (Å²) in [6.07, 6.45) is 0.976. The van der Waals surface area contributed by atoms with Crippen molar-refractivity contribution in [3.63, 3.8) is 0 Å². The minimum atomic E-state index is 0.712. The first-order chi connectivity index (χ1) is 8.88. The molecule has 1 heterocycles. The molecule has 0 saturated carbocycles. The average molecular weight is 240 g/mol. The molecule has 18 heavy (non-hydrogen) atoms. The molecule has 0 aliphatic rings. The van der Waals surface area contributed by atoms with E-state index in [0.717, 1.165) is 40.6 Å². The Balaban J connectivity index is 2.02. The summed E-state index contributed by atoms with van der Waals surface area (Å²) in [5, 5.41) is 5.69. The number of furan rings is 1. The largest absolute Gasteiger partial charge is 0.456 e. The molecule has 0 bridgehead atoms. The highest BCUT2D eigenvalue weighted by atomic mass is 16.3. The normalized spacial score (nSPS) is 11.2. The molecular weight excluding hydrogens is 224 g/mol. The highest BCUT2D eigenvalue weighted by molar-refractivity contribution is 6.05. The summed E-state index contributed by atoms with van der Waals surface area (Å²) in [6, 6.07) is 14.3. The third-order valence-electron chi connectivity index (χ3n) is 3.09. The van der Waals surface area contributed by atoms with Gasteiger partial charge in [0.1, 0.15) is 11.2 Å². The minimum Gasteiger partial charge on any atom is -0.456 e. The van der Waals surface area contributed by atoms with Gasteiger partial charge in [-0.1, -0.05) is 18.2 Å². The van der Waals surface area contributed by atoms with E-state index < -0.39 is 0 Å². The Morgan fingerprint density at radius 2 is 1.83 bits per heavy atom. The van der Waals surface area contributed by atoms with Crippen molar-refractivity contribution >= 4 is 27.6 Å². The first-order valence-electron chi connectivity index (χ1n) is 6.24. The van der Waals surface area contributed by atoms with Gasteiger partial charge in [-0.2, -0.15) is 0 Å². The molecule has 3 aromatic rings. The maximum Gasteiger partial charge on any atom is 0.135 e. The standard InChI is InChI=1S/C15H16N2O/c16-8-3-9-17-11-6-7-15-13(10-11)12-4-1-2-5-14(12)18-15/h1-2,4-7,10,17H,3,8-9,16H2. The molecule has 0 aliphatic carbocycles. The second kappa shape index (κ2) is 4.70. The van der Waals surface area contributed by atoms with Crippen molar-refractivity contribution < 1.29 is 4.42 Å². The van der Waals surface area contributed by atoms with Gasteiger partial charge in [-0.15, -0.1) is 0 Å². The number of nitrogens with two attached hydrogens (primary N) is 1. The Morgan fingerprint density at radius 3 is 2.72 bits per heavy atom. The highest BCUT2D eigenvalue weighted by Crippen LogP contribution is 2.30. The highest BCUT2D eigenvalue weighted by Gasteiger charge is 2.06. The van der Waals surface area contributed by atoms with Crippen LogP contribution >= 0.6 is 0 Å². The first-order valence-corrected chi connectivity index (χ1v) is 6.24. The lowest BCUT2D eigenvalue weighted by Gasteiger charge is -2.04. The van der Waals surface area contributed by atoms with E-state index in [1.807, 2.05) is 30.3 Å². The zero-order valence-electron chi connectivity index (χ0n) is 10.1. The lowest BCUT2D eigenvalue weighted by atomic mass is 10.1. The predicted octanol–water partition coefficient (Wildman–Crippen LogP) is 3.35. The second-order valence-corrected chi connectivity index (χ2v) is 4.38. The molecule has 3 nitrogen and oxygen atoms in total. The number of benzene rings is 2. The van der Waals surface area contributed by atoms with Crippen LogP contribution in [0.1, 0.15) is 6.42 Å². The van der Waals surface area contributed by atoms with E-state index in [1.54, 1.807) is 0 Å². The fourth-order valence-corrected chi connectivity index (χ4v) is 2.17. The van der Waals surface area contributed by atoms with E-state index in [2.05, 4.69) is 17.4 Å². The van der Waals surface area contributed by atoms with Crippen LogP contribution in [0.25, 0.3) is 21.9 Å².